The normalized spacial score (nSPS) is 10.3. The fraction of sp³-hybridized carbons (Fsp3) is 0.429. The van der Waals surface area contributed by atoms with Crippen molar-refractivity contribution < 1.29 is 0 Å². The molecule has 0 bridgehead atoms. The Morgan fingerprint density at radius 1 is 1.70 bits per heavy atom. The van der Waals surface area contributed by atoms with E-state index < -0.39 is 0 Å². The number of hydrogen-bond donors (Lipinski definition) is 1. The number of halogens is 1. The van der Waals surface area contributed by atoms with E-state index >= 15 is 0 Å². The van der Waals surface area contributed by atoms with Gasteiger partial charge in [-0.25, -0.2) is 0 Å². The first-order valence-corrected chi connectivity index (χ1v) is 4.38. The SMILES string of the molecule is Cc1cc(Cl)c(CCN)s1. The lowest BCUT2D eigenvalue weighted by atomic mass is 10.3. The van der Waals surface area contributed by atoms with Crippen LogP contribution in [-0.4, -0.2) is 6.54 Å². The molecule has 10 heavy (non-hydrogen) atoms. The summed E-state index contributed by atoms with van der Waals surface area (Å²) in [6, 6.07) is 1.98. The van der Waals surface area contributed by atoms with Gasteiger partial charge in [-0.3, -0.25) is 0 Å². The van der Waals surface area contributed by atoms with Crippen molar-refractivity contribution in [3.63, 3.8) is 0 Å². The molecule has 1 rings (SSSR count). The summed E-state index contributed by atoms with van der Waals surface area (Å²) in [5.41, 5.74) is 5.39. The molecule has 0 aliphatic carbocycles. The quantitative estimate of drug-likeness (QED) is 0.733. The Hall–Kier alpha value is -0.0500. The molecule has 1 heterocycles. The molecule has 0 unspecified atom stereocenters. The zero-order valence-corrected chi connectivity index (χ0v) is 7.43. The molecule has 0 aliphatic rings. The second kappa shape index (κ2) is 3.37. The Kier molecular flexibility index (Phi) is 2.72. The number of rotatable bonds is 2. The Labute approximate surface area is 69.8 Å². The predicted molar refractivity (Wildman–Crippen MR) is 46.8 cm³/mol. The lowest BCUT2D eigenvalue weighted by molar-refractivity contribution is 0.989. The van der Waals surface area contributed by atoms with Gasteiger partial charge in [0.2, 0.25) is 0 Å². The molecule has 2 N–H and O–H groups in total. The summed E-state index contributed by atoms with van der Waals surface area (Å²) in [6.07, 6.45) is 0.900. The fourth-order valence-electron chi connectivity index (χ4n) is 0.833. The maximum atomic E-state index is 5.88. The van der Waals surface area contributed by atoms with Crippen LogP contribution < -0.4 is 5.73 Å². The number of hydrogen-bond acceptors (Lipinski definition) is 2. The van der Waals surface area contributed by atoms with Crippen molar-refractivity contribution in [2.45, 2.75) is 13.3 Å². The summed E-state index contributed by atoms with van der Waals surface area (Å²) in [7, 11) is 0. The first-order chi connectivity index (χ1) is 4.74. The molecule has 0 aromatic carbocycles. The molecule has 0 spiro atoms. The van der Waals surface area contributed by atoms with Crippen molar-refractivity contribution in [1.82, 2.24) is 0 Å². The highest BCUT2D eigenvalue weighted by Crippen LogP contribution is 2.26. The second-order valence-electron chi connectivity index (χ2n) is 2.17. The third-order valence-corrected chi connectivity index (χ3v) is 2.81. The Bertz CT molecular complexity index is 219. The predicted octanol–water partition coefficient (Wildman–Crippen LogP) is 2.21. The molecule has 1 aromatic heterocycles. The van der Waals surface area contributed by atoms with E-state index in [2.05, 4.69) is 6.92 Å². The minimum absolute atomic E-state index is 0.680. The minimum Gasteiger partial charge on any atom is -0.330 e. The van der Waals surface area contributed by atoms with Crippen LogP contribution in [0, 0.1) is 6.92 Å². The van der Waals surface area contributed by atoms with Gasteiger partial charge in [-0.15, -0.1) is 11.3 Å². The molecule has 0 fully saturated rings. The molecular formula is C7H10ClNS. The molecule has 0 amide bonds. The van der Waals surface area contributed by atoms with E-state index in [1.807, 2.05) is 6.07 Å². The highest BCUT2D eigenvalue weighted by atomic mass is 35.5. The monoisotopic (exact) mass is 175 g/mol. The van der Waals surface area contributed by atoms with E-state index in [9.17, 15) is 0 Å². The second-order valence-corrected chi connectivity index (χ2v) is 3.91. The van der Waals surface area contributed by atoms with E-state index in [4.69, 9.17) is 17.3 Å². The van der Waals surface area contributed by atoms with Crippen molar-refractivity contribution in [3.8, 4) is 0 Å². The van der Waals surface area contributed by atoms with Gasteiger partial charge in [0.1, 0.15) is 0 Å². The third kappa shape index (κ3) is 1.72. The van der Waals surface area contributed by atoms with E-state index in [1.165, 1.54) is 9.75 Å². The van der Waals surface area contributed by atoms with Crippen LogP contribution in [0.3, 0.4) is 0 Å². The van der Waals surface area contributed by atoms with Crippen LogP contribution in [0.25, 0.3) is 0 Å². The van der Waals surface area contributed by atoms with Gasteiger partial charge in [-0.2, -0.15) is 0 Å². The summed E-state index contributed by atoms with van der Waals surface area (Å²) in [4.78, 5) is 2.47. The molecule has 1 aromatic rings. The first-order valence-electron chi connectivity index (χ1n) is 3.19. The molecule has 0 radical (unpaired) electrons. The van der Waals surface area contributed by atoms with Crippen molar-refractivity contribution in [2.24, 2.45) is 5.73 Å². The molecule has 0 aliphatic heterocycles. The van der Waals surface area contributed by atoms with Crippen molar-refractivity contribution in [2.75, 3.05) is 6.54 Å². The van der Waals surface area contributed by atoms with Crippen LogP contribution in [0.1, 0.15) is 9.75 Å². The molecule has 0 saturated carbocycles. The molecule has 56 valence electrons. The standard InChI is InChI=1S/C7H10ClNS/c1-5-4-6(8)7(10-5)2-3-9/h4H,2-3,9H2,1H3. The zero-order chi connectivity index (χ0) is 7.56. The number of aryl methyl sites for hydroxylation is 1. The lowest BCUT2D eigenvalue weighted by Gasteiger charge is -1.90. The molecule has 1 nitrogen and oxygen atoms in total. The third-order valence-electron chi connectivity index (χ3n) is 1.25. The van der Waals surface area contributed by atoms with Crippen LogP contribution in [0.5, 0.6) is 0 Å². The van der Waals surface area contributed by atoms with Crippen LogP contribution >= 0.6 is 22.9 Å². The lowest BCUT2D eigenvalue weighted by Crippen LogP contribution is -2.01. The van der Waals surface area contributed by atoms with E-state index in [0.717, 1.165) is 11.4 Å². The van der Waals surface area contributed by atoms with E-state index in [1.54, 1.807) is 11.3 Å². The van der Waals surface area contributed by atoms with E-state index in [0.29, 0.717) is 6.54 Å². The van der Waals surface area contributed by atoms with Gasteiger partial charge < -0.3 is 5.73 Å². The summed E-state index contributed by atoms with van der Waals surface area (Å²) < 4.78 is 0. The molecular weight excluding hydrogens is 166 g/mol. The maximum absolute atomic E-state index is 5.88. The van der Waals surface area contributed by atoms with Gasteiger partial charge in [-0.05, 0) is 26.0 Å². The number of thiophene rings is 1. The smallest absolute Gasteiger partial charge is 0.0548 e. The van der Waals surface area contributed by atoms with Gasteiger partial charge in [0.25, 0.3) is 0 Å². The van der Waals surface area contributed by atoms with Crippen LogP contribution in [0.15, 0.2) is 6.07 Å². The first kappa shape index (κ1) is 8.05. The average Bonchev–Trinajstić information content (AvgIpc) is 2.13. The molecule has 0 saturated heterocycles. The average molecular weight is 176 g/mol. The number of nitrogens with two attached hydrogens (primary N) is 1. The Morgan fingerprint density at radius 3 is 2.80 bits per heavy atom. The van der Waals surface area contributed by atoms with E-state index in [-0.39, 0.29) is 0 Å². The largest absolute Gasteiger partial charge is 0.330 e. The summed E-state index contributed by atoms with van der Waals surface area (Å²) >= 11 is 7.61. The van der Waals surface area contributed by atoms with Crippen molar-refractivity contribution in [1.29, 1.82) is 0 Å². The zero-order valence-electron chi connectivity index (χ0n) is 5.86. The van der Waals surface area contributed by atoms with Gasteiger partial charge in [0.05, 0.1) is 5.02 Å². The minimum atomic E-state index is 0.680. The van der Waals surface area contributed by atoms with Gasteiger partial charge in [0, 0.05) is 9.75 Å². The van der Waals surface area contributed by atoms with Gasteiger partial charge >= 0.3 is 0 Å². The van der Waals surface area contributed by atoms with Gasteiger partial charge in [0.15, 0.2) is 0 Å². The van der Waals surface area contributed by atoms with Crippen molar-refractivity contribution >= 4 is 22.9 Å². The highest BCUT2D eigenvalue weighted by Gasteiger charge is 2.02. The maximum Gasteiger partial charge on any atom is 0.0548 e. The van der Waals surface area contributed by atoms with Gasteiger partial charge in [-0.1, -0.05) is 11.6 Å². The Balaban J connectivity index is 2.81. The van der Waals surface area contributed by atoms with Crippen LogP contribution in [0.2, 0.25) is 5.02 Å². The van der Waals surface area contributed by atoms with Crippen LogP contribution in [-0.2, 0) is 6.42 Å². The molecule has 0 atom stereocenters. The van der Waals surface area contributed by atoms with Crippen LogP contribution in [0.4, 0.5) is 0 Å². The topological polar surface area (TPSA) is 26.0 Å². The Morgan fingerprint density at radius 2 is 2.40 bits per heavy atom. The molecule has 3 heteroatoms. The summed E-state index contributed by atoms with van der Waals surface area (Å²) in [6.45, 7) is 2.73. The van der Waals surface area contributed by atoms with Crippen molar-refractivity contribution in [3.05, 3.63) is 20.8 Å². The fourth-order valence-corrected chi connectivity index (χ4v) is 2.21. The highest BCUT2D eigenvalue weighted by molar-refractivity contribution is 7.12. The summed E-state index contributed by atoms with van der Waals surface area (Å²) in [5, 5.41) is 0.868. The summed E-state index contributed by atoms with van der Waals surface area (Å²) in [5.74, 6) is 0.